The summed E-state index contributed by atoms with van der Waals surface area (Å²) < 4.78 is 5.70. The molecule has 0 bridgehead atoms. The SMILES string of the molecule is Cc1cccc(CC2(N)CCOc3ccccc32)c1. The summed E-state index contributed by atoms with van der Waals surface area (Å²) in [5, 5.41) is 0. The summed E-state index contributed by atoms with van der Waals surface area (Å²) in [6.45, 7) is 2.81. The van der Waals surface area contributed by atoms with Gasteiger partial charge in [0, 0.05) is 12.0 Å². The Balaban J connectivity index is 1.96. The molecule has 2 nitrogen and oxygen atoms in total. The molecule has 0 fully saturated rings. The Morgan fingerprint density at radius 3 is 2.84 bits per heavy atom. The summed E-state index contributed by atoms with van der Waals surface area (Å²) in [7, 11) is 0. The number of nitrogens with two attached hydrogens (primary N) is 1. The van der Waals surface area contributed by atoms with Crippen molar-refractivity contribution in [2.75, 3.05) is 6.61 Å². The molecule has 0 aliphatic carbocycles. The average molecular weight is 253 g/mol. The van der Waals surface area contributed by atoms with Crippen LogP contribution in [-0.4, -0.2) is 6.61 Å². The van der Waals surface area contributed by atoms with Gasteiger partial charge in [-0.05, 0) is 25.0 Å². The van der Waals surface area contributed by atoms with E-state index in [1.54, 1.807) is 0 Å². The van der Waals surface area contributed by atoms with E-state index in [2.05, 4.69) is 37.3 Å². The second kappa shape index (κ2) is 4.71. The number of para-hydroxylation sites is 1. The van der Waals surface area contributed by atoms with Crippen molar-refractivity contribution in [2.24, 2.45) is 5.73 Å². The van der Waals surface area contributed by atoms with Gasteiger partial charge in [0.1, 0.15) is 5.75 Å². The third kappa shape index (κ3) is 2.36. The number of fused-ring (bicyclic) bond motifs is 1. The van der Waals surface area contributed by atoms with Crippen LogP contribution in [0.3, 0.4) is 0 Å². The lowest BCUT2D eigenvalue weighted by molar-refractivity contribution is 0.215. The lowest BCUT2D eigenvalue weighted by Crippen LogP contribution is -2.43. The minimum atomic E-state index is -0.317. The molecule has 0 aromatic heterocycles. The van der Waals surface area contributed by atoms with Gasteiger partial charge < -0.3 is 10.5 Å². The standard InChI is InChI=1S/C17H19NO/c1-13-5-4-6-14(11-13)12-17(18)9-10-19-16-8-3-2-7-15(16)17/h2-8,11H,9-10,12,18H2,1H3. The van der Waals surface area contributed by atoms with Gasteiger partial charge in [-0.15, -0.1) is 0 Å². The van der Waals surface area contributed by atoms with Gasteiger partial charge >= 0.3 is 0 Å². The van der Waals surface area contributed by atoms with Crippen LogP contribution in [0.4, 0.5) is 0 Å². The molecular formula is C17H19NO. The summed E-state index contributed by atoms with van der Waals surface area (Å²) in [6.07, 6.45) is 1.72. The Hall–Kier alpha value is -1.80. The minimum Gasteiger partial charge on any atom is -0.493 e. The minimum absolute atomic E-state index is 0.317. The average Bonchev–Trinajstić information content (AvgIpc) is 2.39. The van der Waals surface area contributed by atoms with Crippen molar-refractivity contribution in [1.29, 1.82) is 0 Å². The maximum atomic E-state index is 6.67. The molecule has 1 aliphatic heterocycles. The molecule has 2 aromatic carbocycles. The zero-order chi connectivity index (χ0) is 13.3. The highest BCUT2D eigenvalue weighted by molar-refractivity contribution is 5.42. The zero-order valence-corrected chi connectivity index (χ0v) is 11.2. The smallest absolute Gasteiger partial charge is 0.124 e. The van der Waals surface area contributed by atoms with Gasteiger partial charge in [-0.25, -0.2) is 0 Å². The number of benzene rings is 2. The van der Waals surface area contributed by atoms with Gasteiger partial charge in [0.25, 0.3) is 0 Å². The van der Waals surface area contributed by atoms with Crippen LogP contribution in [0.2, 0.25) is 0 Å². The predicted molar refractivity (Wildman–Crippen MR) is 77.3 cm³/mol. The monoisotopic (exact) mass is 253 g/mol. The summed E-state index contributed by atoms with van der Waals surface area (Å²) in [4.78, 5) is 0. The highest BCUT2D eigenvalue weighted by Crippen LogP contribution is 2.37. The van der Waals surface area contributed by atoms with E-state index >= 15 is 0 Å². The summed E-state index contributed by atoms with van der Waals surface area (Å²) >= 11 is 0. The molecule has 0 radical (unpaired) electrons. The Morgan fingerprint density at radius 1 is 1.16 bits per heavy atom. The number of hydrogen-bond donors (Lipinski definition) is 1. The lowest BCUT2D eigenvalue weighted by Gasteiger charge is -2.35. The van der Waals surface area contributed by atoms with Crippen molar-refractivity contribution >= 4 is 0 Å². The second-order valence-corrected chi connectivity index (χ2v) is 5.42. The van der Waals surface area contributed by atoms with Gasteiger partial charge in [0.2, 0.25) is 0 Å². The highest BCUT2D eigenvalue weighted by atomic mass is 16.5. The van der Waals surface area contributed by atoms with E-state index in [9.17, 15) is 0 Å². The molecule has 1 heterocycles. The molecule has 0 saturated heterocycles. The van der Waals surface area contributed by atoms with Crippen LogP contribution in [0.25, 0.3) is 0 Å². The number of rotatable bonds is 2. The first kappa shape index (κ1) is 12.2. The van der Waals surface area contributed by atoms with Gasteiger partial charge in [0.05, 0.1) is 12.1 Å². The van der Waals surface area contributed by atoms with Crippen molar-refractivity contribution in [1.82, 2.24) is 0 Å². The molecule has 19 heavy (non-hydrogen) atoms. The molecule has 3 rings (SSSR count). The number of ether oxygens (including phenoxy) is 1. The van der Waals surface area contributed by atoms with Crippen LogP contribution in [0.5, 0.6) is 5.75 Å². The van der Waals surface area contributed by atoms with Gasteiger partial charge in [-0.1, -0.05) is 48.0 Å². The van der Waals surface area contributed by atoms with E-state index in [-0.39, 0.29) is 5.54 Å². The number of aryl methyl sites for hydroxylation is 1. The van der Waals surface area contributed by atoms with Crippen LogP contribution < -0.4 is 10.5 Å². The topological polar surface area (TPSA) is 35.2 Å². The van der Waals surface area contributed by atoms with Crippen molar-refractivity contribution in [3.63, 3.8) is 0 Å². The van der Waals surface area contributed by atoms with E-state index in [0.29, 0.717) is 6.61 Å². The van der Waals surface area contributed by atoms with Gasteiger partial charge in [-0.3, -0.25) is 0 Å². The van der Waals surface area contributed by atoms with Crippen molar-refractivity contribution in [2.45, 2.75) is 25.3 Å². The molecule has 2 heteroatoms. The maximum Gasteiger partial charge on any atom is 0.124 e. The molecule has 2 aromatic rings. The number of hydrogen-bond acceptors (Lipinski definition) is 2. The highest BCUT2D eigenvalue weighted by Gasteiger charge is 2.33. The molecule has 0 amide bonds. The first-order chi connectivity index (χ1) is 9.17. The second-order valence-electron chi connectivity index (χ2n) is 5.42. The van der Waals surface area contributed by atoms with Crippen LogP contribution in [0, 0.1) is 6.92 Å². The largest absolute Gasteiger partial charge is 0.493 e. The molecule has 0 spiro atoms. The van der Waals surface area contributed by atoms with Crippen LogP contribution in [0.15, 0.2) is 48.5 Å². The zero-order valence-electron chi connectivity index (χ0n) is 11.2. The van der Waals surface area contributed by atoms with Crippen molar-refractivity contribution < 1.29 is 4.74 Å². The normalized spacial score (nSPS) is 21.6. The van der Waals surface area contributed by atoms with E-state index in [0.717, 1.165) is 24.2 Å². The van der Waals surface area contributed by atoms with E-state index < -0.39 is 0 Å². The Morgan fingerprint density at radius 2 is 2.00 bits per heavy atom. The third-order valence-electron chi connectivity index (χ3n) is 3.83. The Kier molecular flexibility index (Phi) is 3.03. The van der Waals surface area contributed by atoms with Crippen LogP contribution >= 0.6 is 0 Å². The lowest BCUT2D eigenvalue weighted by atomic mass is 9.80. The summed E-state index contributed by atoms with van der Waals surface area (Å²) in [5.74, 6) is 0.934. The fourth-order valence-electron chi connectivity index (χ4n) is 2.85. The van der Waals surface area contributed by atoms with E-state index in [4.69, 9.17) is 10.5 Å². The first-order valence-corrected chi connectivity index (χ1v) is 6.74. The third-order valence-corrected chi connectivity index (χ3v) is 3.83. The van der Waals surface area contributed by atoms with Crippen LogP contribution in [-0.2, 0) is 12.0 Å². The Labute approximate surface area is 114 Å². The molecular weight excluding hydrogens is 234 g/mol. The maximum absolute atomic E-state index is 6.67. The van der Waals surface area contributed by atoms with E-state index in [1.165, 1.54) is 11.1 Å². The van der Waals surface area contributed by atoms with Gasteiger partial charge in [-0.2, -0.15) is 0 Å². The van der Waals surface area contributed by atoms with Crippen molar-refractivity contribution in [3.8, 4) is 5.75 Å². The van der Waals surface area contributed by atoms with Crippen LogP contribution in [0.1, 0.15) is 23.1 Å². The molecule has 1 atom stereocenters. The molecule has 1 aliphatic rings. The molecule has 98 valence electrons. The summed E-state index contributed by atoms with van der Waals surface area (Å²) in [6, 6.07) is 16.7. The molecule has 0 saturated carbocycles. The first-order valence-electron chi connectivity index (χ1n) is 6.74. The fraction of sp³-hybridized carbons (Fsp3) is 0.294. The quantitative estimate of drug-likeness (QED) is 0.892. The summed E-state index contributed by atoms with van der Waals surface area (Å²) in [5.41, 5.74) is 10.1. The molecule has 1 unspecified atom stereocenters. The van der Waals surface area contributed by atoms with E-state index in [1.807, 2.05) is 18.2 Å². The fourth-order valence-corrected chi connectivity index (χ4v) is 2.85. The van der Waals surface area contributed by atoms with Gasteiger partial charge in [0.15, 0.2) is 0 Å². The molecule has 2 N–H and O–H groups in total. The Bertz CT molecular complexity index is 593. The van der Waals surface area contributed by atoms with Crippen molar-refractivity contribution in [3.05, 3.63) is 65.2 Å². The predicted octanol–water partition coefficient (Wildman–Crippen LogP) is 3.17.